The Morgan fingerprint density at radius 3 is 2.57 bits per heavy atom. The summed E-state index contributed by atoms with van der Waals surface area (Å²) in [6.45, 7) is 2.51. The average molecular weight is 338 g/mol. The van der Waals surface area contributed by atoms with Crippen LogP contribution in [0.3, 0.4) is 0 Å². The van der Waals surface area contributed by atoms with Gasteiger partial charge in [0, 0.05) is 31.6 Å². The summed E-state index contributed by atoms with van der Waals surface area (Å²) in [5.41, 5.74) is -0.808. The van der Waals surface area contributed by atoms with Gasteiger partial charge in [0.25, 0.3) is 0 Å². The van der Waals surface area contributed by atoms with Gasteiger partial charge in [0.05, 0.1) is 15.5 Å². The van der Waals surface area contributed by atoms with Crippen molar-refractivity contribution in [3.63, 3.8) is 0 Å². The third-order valence-electron chi connectivity index (χ3n) is 3.95. The van der Waals surface area contributed by atoms with Crippen LogP contribution < -0.4 is 10.2 Å². The van der Waals surface area contributed by atoms with Gasteiger partial charge in [-0.15, -0.1) is 11.8 Å². The summed E-state index contributed by atoms with van der Waals surface area (Å²) in [4.78, 5) is 6.03. The van der Waals surface area contributed by atoms with Crippen molar-refractivity contribution in [2.45, 2.75) is 23.9 Å². The maximum Gasteiger partial charge on any atom is 0.417 e. The molecule has 0 radical (unpaired) electrons. The van der Waals surface area contributed by atoms with Crippen molar-refractivity contribution in [1.29, 1.82) is 0 Å². The van der Waals surface area contributed by atoms with E-state index in [4.69, 9.17) is 11.6 Å². The molecule has 0 bridgehead atoms. The fourth-order valence-corrected chi connectivity index (χ4v) is 4.35. The normalized spacial score (nSPS) is 22.0. The van der Waals surface area contributed by atoms with E-state index in [-0.39, 0.29) is 9.89 Å². The molecule has 3 heterocycles. The van der Waals surface area contributed by atoms with E-state index in [2.05, 4.69) is 10.3 Å². The van der Waals surface area contributed by atoms with Crippen molar-refractivity contribution >= 4 is 29.2 Å². The molecule has 0 aromatic carbocycles. The third-order valence-corrected chi connectivity index (χ3v) is 5.74. The van der Waals surface area contributed by atoms with E-state index in [9.17, 15) is 13.2 Å². The van der Waals surface area contributed by atoms with Crippen molar-refractivity contribution in [1.82, 2.24) is 10.3 Å². The lowest BCUT2D eigenvalue weighted by molar-refractivity contribution is -0.137. The molecule has 0 aliphatic carbocycles. The molecule has 0 amide bonds. The lowest BCUT2D eigenvalue weighted by Crippen LogP contribution is -2.48. The van der Waals surface area contributed by atoms with Crippen molar-refractivity contribution in [2.24, 2.45) is 0 Å². The van der Waals surface area contributed by atoms with E-state index in [0.29, 0.717) is 5.82 Å². The molecule has 8 heteroatoms. The van der Waals surface area contributed by atoms with Crippen LogP contribution in [0.2, 0.25) is 5.02 Å². The first-order chi connectivity index (χ1) is 9.90. The molecule has 1 aromatic rings. The van der Waals surface area contributed by atoms with Crippen LogP contribution in [0.1, 0.15) is 18.4 Å². The highest BCUT2D eigenvalue weighted by molar-refractivity contribution is 8.00. The first-order valence-corrected chi connectivity index (χ1v) is 8.13. The van der Waals surface area contributed by atoms with Gasteiger partial charge < -0.3 is 10.2 Å². The smallest absolute Gasteiger partial charge is 0.355 e. The average Bonchev–Trinajstić information content (AvgIpc) is 2.87. The molecule has 1 spiro atoms. The number of hydrogen-bond acceptors (Lipinski definition) is 4. The van der Waals surface area contributed by atoms with Gasteiger partial charge in [-0.3, -0.25) is 0 Å². The highest BCUT2D eigenvalue weighted by atomic mass is 35.5. The summed E-state index contributed by atoms with van der Waals surface area (Å²) >= 11 is 7.93. The molecule has 2 aliphatic rings. The van der Waals surface area contributed by atoms with E-state index in [1.54, 1.807) is 0 Å². The summed E-state index contributed by atoms with van der Waals surface area (Å²) in [5, 5.41) is 3.58. The molecule has 0 atom stereocenters. The molecule has 21 heavy (non-hydrogen) atoms. The molecule has 2 aliphatic heterocycles. The number of halogens is 4. The third kappa shape index (κ3) is 3.10. The SMILES string of the molecule is FC(F)(F)c1cnc(N2CCC3(CC2)NCCS3)c(Cl)c1. The molecule has 3 rings (SSSR count). The summed E-state index contributed by atoms with van der Waals surface area (Å²) in [6.07, 6.45) is -1.67. The minimum atomic E-state index is -4.41. The van der Waals surface area contributed by atoms with Gasteiger partial charge in [-0.05, 0) is 18.9 Å². The standard InChI is InChI=1S/C13H15ClF3N3S/c14-10-7-9(13(15,16)17)8-18-11(10)20-4-1-12(2-5-20)19-3-6-21-12/h7-8,19H,1-6H2. The van der Waals surface area contributed by atoms with Gasteiger partial charge in [0.15, 0.2) is 0 Å². The predicted molar refractivity (Wildman–Crippen MR) is 78.9 cm³/mol. The largest absolute Gasteiger partial charge is 0.417 e. The fourth-order valence-electron chi connectivity index (χ4n) is 2.80. The minimum absolute atomic E-state index is 0.0628. The summed E-state index contributed by atoms with van der Waals surface area (Å²) < 4.78 is 37.9. The maximum absolute atomic E-state index is 12.6. The Bertz CT molecular complexity index is 522. The number of thioether (sulfide) groups is 1. The molecule has 0 unspecified atom stereocenters. The lowest BCUT2D eigenvalue weighted by atomic mass is 10.0. The minimum Gasteiger partial charge on any atom is -0.355 e. The molecule has 3 nitrogen and oxygen atoms in total. The Morgan fingerprint density at radius 2 is 2.05 bits per heavy atom. The van der Waals surface area contributed by atoms with E-state index >= 15 is 0 Å². The van der Waals surface area contributed by atoms with E-state index < -0.39 is 11.7 Å². The number of nitrogens with one attached hydrogen (secondary N) is 1. The number of pyridine rings is 1. The number of anilines is 1. The number of alkyl halides is 3. The van der Waals surface area contributed by atoms with Crippen LogP contribution in [0.25, 0.3) is 0 Å². The molecular weight excluding hydrogens is 323 g/mol. The second-order valence-electron chi connectivity index (χ2n) is 5.28. The van der Waals surface area contributed by atoms with Gasteiger partial charge in [-0.2, -0.15) is 13.2 Å². The van der Waals surface area contributed by atoms with E-state index in [0.717, 1.165) is 50.5 Å². The van der Waals surface area contributed by atoms with Crippen molar-refractivity contribution < 1.29 is 13.2 Å². The molecule has 116 valence electrons. The van der Waals surface area contributed by atoms with Crippen LogP contribution >= 0.6 is 23.4 Å². The van der Waals surface area contributed by atoms with Gasteiger partial charge >= 0.3 is 6.18 Å². The molecule has 1 aromatic heterocycles. The highest BCUT2D eigenvalue weighted by Crippen LogP contribution is 2.39. The monoisotopic (exact) mass is 337 g/mol. The van der Waals surface area contributed by atoms with Crippen LogP contribution in [-0.2, 0) is 6.18 Å². The van der Waals surface area contributed by atoms with Crippen LogP contribution in [0.4, 0.5) is 19.0 Å². The number of piperidine rings is 1. The summed E-state index contributed by atoms with van der Waals surface area (Å²) in [7, 11) is 0. The topological polar surface area (TPSA) is 28.2 Å². The van der Waals surface area contributed by atoms with Gasteiger partial charge in [-0.1, -0.05) is 11.6 Å². The Balaban J connectivity index is 1.73. The second-order valence-corrected chi connectivity index (χ2v) is 7.17. The molecular formula is C13H15ClF3N3S. The maximum atomic E-state index is 12.6. The second kappa shape index (κ2) is 5.52. The van der Waals surface area contributed by atoms with Crippen LogP contribution in [0, 0.1) is 0 Å². The van der Waals surface area contributed by atoms with E-state index in [1.165, 1.54) is 0 Å². The Morgan fingerprint density at radius 1 is 1.33 bits per heavy atom. The number of rotatable bonds is 1. The predicted octanol–water partition coefficient (Wildman–Crippen LogP) is 3.39. The Labute approximate surface area is 130 Å². The molecule has 0 saturated carbocycles. The van der Waals surface area contributed by atoms with Crippen molar-refractivity contribution in [2.75, 3.05) is 30.3 Å². The van der Waals surface area contributed by atoms with E-state index in [1.807, 2.05) is 16.7 Å². The summed E-state index contributed by atoms with van der Waals surface area (Å²) in [5.74, 6) is 1.56. The quantitative estimate of drug-likeness (QED) is 0.850. The van der Waals surface area contributed by atoms with Crippen LogP contribution in [-0.4, -0.2) is 35.2 Å². The number of aromatic nitrogens is 1. The van der Waals surface area contributed by atoms with Crippen molar-refractivity contribution in [3.05, 3.63) is 22.8 Å². The number of hydrogen-bond donors (Lipinski definition) is 1. The molecule has 1 N–H and O–H groups in total. The zero-order valence-electron chi connectivity index (χ0n) is 11.2. The van der Waals surface area contributed by atoms with Gasteiger partial charge in [0.1, 0.15) is 5.82 Å². The Hall–Kier alpha value is -0.660. The van der Waals surface area contributed by atoms with Gasteiger partial charge in [0.2, 0.25) is 0 Å². The highest BCUT2D eigenvalue weighted by Gasteiger charge is 2.38. The zero-order valence-corrected chi connectivity index (χ0v) is 12.8. The molecule has 2 fully saturated rings. The van der Waals surface area contributed by atoms with Crippen molar-refractivity contribution in [3.8, 4) is 0 Å². The zero-order chi connectivity index (χ0) is 15.1. The first-order valence-electron chi connectivity index (χ1n) is 6.76. The summed E-state index contributed by atoms with van der Waals surface area (Å²) in [6, 6.07) is 0.955. The van der Waals surface area contributed by atoms with Gasteiger partial charge in [-0.25, -0.2) is 4.98 Å². The Kier molecular flexibility index (Phi) is 4.00. The lowest BCUT2D eigenvalue weighted by Gasteiger charge is -2.39. The first kappa shape index (κ1) is 15.2. The van der Waals surface area contributed by atoms with Crippen LogP contribution in [0.15, 0.2) is 12.3 Å². The number of nitrogens with zero attached hydrogens (tertiary/aromatic N) is 2. The van der Waals surface area contributed by atoms with Crippen LogP contribution in [0.5, 0.6) is 0 Å². The fraction of sp³-hybridized carbons (Fsp3) is 0.615. The molecule has 2 saturated heterocycles.